The summed E-state index contributed by atoms with van der Waals surface area (Å²) in [5.74, 6) is -0.355. The second-order valence-corrected chi connectivity index (χ2v) is 4.93. The van der Waals surface area contributed by atoms with Crippen LogP contribution in [-0.2, 0) is 0 Å². The van der Waals surface area contributed by atoms with Crippen LogP contribution in [0.1, 0.15) is 32.3 Å². The highest BCUT2D eigenvalue weighted by atomic mass is 19.1. The van der Waals surface area contributed by atoms with Gasteiger partial charge in [-0.05, 0) is 44.4 Å². The Morgan fingerprint density at radius 1 is 1.47 bits per heavy atom. The van der Waals surface area contributed by atoms with Crippen molar-refractivity contribution in [2.45, 2.75) is 39.2 Å². The van der Waals surface area contributed by atoms with Gasteiger partial charge in [0.1, 0.15) is 5.82 Å². The molecule has 0 aliphatic heterocycles. The Morgan fingerprint density at radius 2 is 2.16 bits per heavy atom. The van der Waals surface area contributed by atoms with Crippen molar-refractivity contribution in [3.63, 3.8) is 0 Å². The Labute approximate surface area is 113 Å². The van der Waals surface area contributed by atoms with E-state index in [1.807, 2.05) is 13.8 Å². The summed E-state index contributed by atoms with van der Waals surface area (Å²) in [5, 5.41) is 14.4. The van der Waals surface area contributed by atoms with Crippen molar-refractivity contribution >= 4 is 11.7 Å². The Bertz CT molecular complexity index is 451. The molecule has 1 rings (SSSR count). The molecule has 0 radical (unpaired) electrons. The average Bonchev–Trinajstić information content (AvgIpc) is 2.34. The molecule has 3 N–H and O–H groups in total. The van der Waals surface area contributed by atoms with Gasteiger partial charge >= 0.3 is 6.03 Å². The second kappa shape index (κ2) is 6.52. The normalized spacial score (nSPS) is 13.7. The number of nitrogens with one attached hydrogen (secondary N) is 2. The minimum absolute atomic E-state index is 0.00375. The van der Waals surface area contributed by atoms with Gasteiger partial charge in [-0.25, -0.2) is 9.18 Å². The highest BCUT2D eigenvalue weighted by molar-refractivity contribution is 5.89. The predicted molar refractivity (Wildman–Crippen MR) is 73.7 cm³/mol. The third kappa shape index (κ3) is 4.52. The topological polar surface area (TPSA) is 61.4 Å². The predicted octanol–water partition coefficient (Wildman–Crippen LogP) is 2.81. The first-order valence-electron chi connectivity index (χ1n) is 6.36. The summed E-state index contributed by atoms with van der Waals surface area (Å²) < 4.78 is 13.3. The molecule has 0 aromatic heterocycles. The molecular formula is C14H21FN2O2. The number of halogens is 1. The fraction of sp³-hybridized carbons (Fsp3) is 0.500. The molecule has 19 heavy (non-hydrogen) atoms. The number of aliphatic hydroxyl groups is 1. The number of anilines is 1. The minimum Gasteiger partial charge on any atom is -0.396 e. The van der Waals surface area contributed by atoms with Crippen LogP contribution in [0.4, 0.5) is 14.9 Å². The van der Waals surface area contributed by atoms with Gasteiger partial charge in [-0.2, -0.15) is 0 Å². The van der Waals surface area contributed by atoms with Gasteiger partial charge in [0.25, 0.3) is 0 Å². The summed E-state index contributed by atoms with van der Waals surface area (Å²) in [7, 11) is 0. The molecule has 4 nitrogen and oxygen atoms in total. The maximum atomic E-state index is 13.3. The molecule has 0 heterocycles. The van der Waals surface area contributed by atoms with Gasteiger partial charge in [0.05, 0.1) is 0 Å². The number of hydrogen-bond donors (Lipinski definition) is 3. The standard InChI is InChI=1S/C14H21FN2O2/c1-4-14(3,7-8-18)17-13(19)16-11-6-5-10(2)12(15)9-11/h5-6,9,18H,4,7-8H2,1-3H3,(H2,16,17,19). The van der Waals surface area contributed by atoms with Crippen molar-refractivity contribution in [1.29, 1.82) is 0 Å². The zero-order valence-electron chi connectivity index (χ0n) is 11.6. The molecule has 1 aromatic carbocycles. The maximum Gasteiger partial charge on any atom is 0.319 e. The number of aryl methyl sites for hydroxylation is 1. The fourth-order valence-electron chi connectivity index (χ4n) is 1.68. The summed E-state index contributed by atoms with van der Waals surface area (Å²) >= 11 is 0. The molecule has 1 aromatic rings. The smallest absolute Gasteiger partial charge is 0.319 e. The molecule has 2 amide bonds. The molecule has 106 valence electrons. The highest BCUT2D eigenvalue weighted by Gasteiger charge is 2.23. The lowest BCUT2D eigenvalue weighted by atomic mass is 9.95. The van der Waals surface area contributed by atoms with E-state index in [0.29, 0.717) is 24.1 Å². The molecule has 1 atom stereocenters. The van der Waals surface area contributed by atoms with Gasteiger partial charge in [-0.1, -0.05) is 13.0 Å². The van der Waals surface area contributed by atoms with Crippen molar-refractivity contribution in [3.05, 3.63) is 29.6 Å². The third-order valence-electron chi connectivity index (χ3n) is 3.29. The van der Waals surface area contributed by atoms with E-state index in [2.05, 4.69) is 10.6 Å². The number of benzene rings is 1. The summed E-state index contributed by atoms with van der Waals surface area (Å²) in [6.45, 7) is 5.46. The van der Waals surface area contributed by atoms with Gasteiger partial charge in [-0.15, -0.1) is 0 Å². The van der Waals surface area contributed by atoms with E-state index in [1.165, 1.54) is 6.07 Å². The lowest BCUT2D eigenvalue weighted by molar-refractivity contribution is 0.208. The molecule has 5 heteroatoms. The Kier molecular flexibility index (Phi) is 5.30. The van der Waals surface area contributed by atoms with Gasteiger partial charge in [0, 0.05) is 17.8 Å². The van der Waals surface area contributed by atoms with E-state index < -0.39 is 11.6 Å². The molecule has 1 unspecified atom stereocenters. The van der Waals surface area contributed by atoms with Crippen LogP contribution in [0.15, 0.2) is 18.2 Å². The molecule has 0 saturated heterocycles. The number of aliphatic hydroxyl groups excluding tert-OH is 1. The Morgan fingerprint density at radius 3 is 2.68 bits per heavy atom. The van der Waals surface area contributed by atoms with Crippen LogP contribution in [0.3, 0.4) is 0 Å². The number of carbonyl (C=O) groups excluding carboxylic acids is 1. The number of carbonyl (C=O) groups is 1. The van der Waals surface area contributed by atoms with Crippen molar-refractivity contribution < 1.29 is 14.3 Å². The van der Waals surface area contributed by atoms with E-state index >= 15 is 0 Å². The zero-order valence-corrected chi connectivity index (χ0v) is 11.6. The Hall–Kier alpha value is -1.62. The van der Waals surface area contributed by atoms with Gasteiger partial charge in [-0.3, -0.25) is 0 Å². The number of urea groups is 1. The lowest BCUT2D eigenvalue weighted by Crippen LogP contribution is -2.48. The van der Waals surface area contributed by atoms with Gasteiger partial charge in [0.15, 0.2) is 0 Å². The van der Waals surface area contributed by atoms with E-state index in [-0.39, 0.29) is 12.4 Å². The SMILES string of the molecule is CCC(C)(CCO)NC(=O)Nc1ccc(C)c(F)c1. The van der Waals surface area contributed by atoms with Crippen LogP contribution in [0, 0.1) is 12.7 Å². The molecule has 0 saturated carbocycles. The second-order valence-electron chi connectivity index (χ2n) is 4.93. The first kappa shape index (κ1) is 15.4. The molecule has 0 spiro atoms. The van der Waals surface area contributed by atoms with E-state index in [4.69, 9.17) is 5.11 Å². The fourth-order valence-corrected chi connectivity index (χ4v) is 1.68. The number of amides is 2. The summed E-state index contributed by atoms with van der Waals surface area (Å²) in [6.07, 6.45) is 1.17. The summed E-state index contributed by atoms with van der Waals surface area (Å²) in [5.41, 5.74) is 0.468. The minimum atomic E-state index is -0.470. The average molecular weight is 268 g/mol. The van der Waals surface area contributed by atoms with Crippen LogP contribution in [0.25, 0.3) is 0 Å². The maximum absolute atomic E-state index is 13.3. The van der Waals surface area contributed by atoms with Crippen LogP contribution in [0.5, 0.6) is 0 Å². The van der Waals surface area contributed by atoms with Crippen molar-refractivity contribution in [3.8, 4) is 0 Å². The van der Waals surface area contributed by atoms with Crippen LogP contribution in [0.2, 0.25) is 0 Å². The zero-order chi connectivity index (χ0) is 14.5. The largest absolute Gasteiger partial charge is 0.396 e. The van der Waals surface area contributed by atoms with E-state index in [0.717, 1.165) is 0 Å². The van der Waals surface area contributed by atoms with Gasteiger partial charge in [0.2, 0.25) is 0 Å². The molecule has 0 aliphatic carbocycles. The lowest BCUT2D eigenvalue weighted by Gasteiger charge is -2.29. The molecule has 0 bridgehead atoms. The Balaban J connectivity index is 2.66. The molecule has 0 fully saturated rings. The third-order valence-corrected chi connectivity index (χ3v) is 3.29. The first-order valence-corrected chi connectivity index (χ1v) is 6.36. The molecule has 0 aliphatic rings. The highest BCUT2D eigenvalue weighted by Crippen LogP contribution is 2.16. The monoisotopic (exact) mass is 268 g/mol. The van der Waals surface area contributed by atoms with Crippen LogP contribution in [-0.4, -0.2) is 23.3 Å². The summed E-state index contributed by atoms with van der Waals surface area (Å²) in [6, 6.07) is 4.14. The van der Waals surface area contributed by atoms with E-state index in [9.17, 15) is 9.18 Å². The van der Waals surface area contributed by atoms with Crippen molar-refractivity contribution in [2.75, 3.05) is 11.9 Å². The number of hydrogen-bond acceptors (Lipinski definition) is 2. The van der Waals surface area contributed by atoms with E-state index in [1.54, 1.807) is 19.1 Å². The van der Waals surface area contributed by atoms with Crippen LogP contribution < -0.4 is 10.6 Å². The number of rotatable bonds is 5. The first-order chi connectivity index (χ1) is 8.90. The molecular weight excluding hydrogens is 247 g/mol. The van der Waals surface area contributed by atoms with Crippen molar-refractivity contribution in [2.24, 2.45) is 0 Å². The van der Waals surface area contributed by atoms with Gasteiger partial charge < -0.3 is 15.7 Å². The quantitative estimate of drug-likeness (QED) is 0.769. The summed E-state index contributed by atoms with van der Waals surface area (Å²) in [4.78, 5) is 11.8. The van der Waals surface area contributed by atoms with Crippen molar-refractivity contribution in [1.82, 2.24) is 5.32 Å². The van der Waals surface area contributed by atoms with Crippen LogP contribution >= 0.6 is 0 Å².